The van der Waals surface area contributed by atoms with Crippen molar-refractivity contribution in [3.8, 4) is 0 Å². The maximum Gasteiger partial charge on any atom is 0.126 e. The van der Waals surface area contributed by atoms with Gasteiger partial charge in [0.2, 0.25) is 0 Å². The van der Waals surface area contributed by atoms with Gasteiger partial charge >= 0.3 is 0 Å². The van der Waals surface area contributed by atoms with Crippen LogP contribution in [-0.2, 0) is 0 Å². The molecule has 1 atom stereocenters. The van der Waals surface area contributed by atoms with E-state index >= 15 is 0 Å². The van der Waals surface area contributed by atoms with Gasteiger partial charge in [-0.05, 0) is 30.5 Å². The van der Waals surface area contributed by atoms with Crippen molar-refractivity contribution < 1.29 is 4.39 Å². The van der Waals surface area contributed by atoms with E-state index < -0.39 is 0 Å². The summed E-state index contributed by atoms with van der Waals surface area (Å²) in [6, 6.07) is 5.06. The van der Waals surface area contributed by atoms with Gasteiger partial charge in [-0.3, -0.25) is 0 Å². The molecule has 0 unspecified atom stereocenters. The largest absolute Gasteiger partial charge is 0.324 e. The number of halogens is 2. The number of rotatable bonds is 3. The molecule has 0 saturated heterocycles. The average Bonchev–Trinajstić information content (AvgIpc) is 2.10. The van der Waals surface area contributed by atoms with Crippen molar-refractivity contribution >= 4 is 12.4 Å². The topological polar surface area (TPSA) is 26.0 Å². The maximum atomic E-state index is 13.1. The fourth-order valence-corrected chi connectivity index (χ4v) is 1.49. The molecule has 1 nitrogen and oxygen atoms in total. The molecule has 0 bridgehead atoms. The van der Waals surface area contributed by atoms with Crippen LogP contribution in [-0.4, -0.2) is 0 Å². The van der Waals surface area contributed by atoms with Crippen molar-refractivity contribution in [3.05, 3.63) is 35.1 Å². The van der Waals surface area contributed by atoms with Gasteiger partial charge in [0.15, 0.2) is 0 Å². The summed E-state index contributed by atoms with van der Waals surface area (Å²) in [4.78, 5) is 0. The molecule has 80 valence electrons. The Morgan fingerprint density at radius 1 is 1.43 bits per heavy atom. The lowest BCUT2D eigenvalue weighted by Crippen LogP contribution is -2.11. The van der Waals surface area contributed by atoms with Gasteiger partial charge in [-0.25, -0.2) is 4.39 Å². The molecule has 0 aliphatic carbocycles. The fourth-order valence-electron chi connectivity index (χ4n) is 1.49. The van der Waals surface area contributed by atoms with Crippen LogP contribution < -0.4 is 5.73 Å². The van der Waals surface area contributed by atoms with E-state index in [0.717, 1.165) is 18.4 Å². The van der Waals surface area contributed by atoms with Gasteiger partial charge in [0.05, 0.1) is 0 Å². The number of benzene rings is 1. The molecular weight excluding hydrogens is 201 g/mol. The second-order valence-corrected chi connectivity index (χ2v) is 3.35. The van der Waals surface area contributed by atoms with E-state index in [4.69, 9.17) is 5.73 Å². The smallest absolute Gasteiger partial charge is 0.126 e. The predicted molar refractivity (Wildman–Crippen MR) is 60.2 cm³/mol. The normalized spacial score (nSPS) is 12.0. The van der Waals surface area contributed by atoms with E-state index in [1.807, 2.05) is 6.07 Å². The van der Waals surface area contributed by atoms with E-state index in [9.17, 15) is 4.39 Å². The zero-order valence-electron chi connectivity index (χ0n) is 8.59. The van der Waals surface area contributed by atoms with E-state index in [0.29, 0.717) is 5.56 Å². The van der Waals surface area contributed by atoms with Crippen LogP contribution in [0.3, 0.4) is 0 Å². The highest BCUT2D eigenvalue weighted by atomic mass is 35.5. The first-order valence-corrected chi connectivity index (χ1v) is 4.67. The van der Waals surface area contributed by atoms with Gasteiger partial charge in [0, 0.05) is 6.04 Å². The zero-order valence-corrected chi connectivity index (χ0v) is 9.40. The first kappa shape index (κ1) is 13.4. The minimum Gasteiger partial charge on any atom is -0.324 e. The summed E-state index contributed by atoms with van der Waals surface area (Å²) in [5, 5.41) is 0. The molecule has 3 heteroatoms. The molecule has 0 aliphatic rings. The number of hydrogen-bond acceptors (Lipinski definition) is 1. The van der Waals surface area contributed by atoms with Crippen molar-refractivity contribution in [1.29, 1.82) is 0 Å². The van der Waals surface area contributed by atoms with Gasteiger partial charge < -0.3 is 5.73 Å². The molecule has 0 amide bonds. The van der Waals surface area contributed by atoms with Crippen molar-refractivity contribution in [1.82, 2.24) is 0 Å². The summed E-state index contributed by atoms with van der Waals surface area (Å²) in [6.07, 6.45) is 1.93. The molecule has 0 fully saturated rings. The third-order valence-electron chi connectivity index (χ3n) is 2.31. The van der Waals surface area contributed by atoms with Crippen molar-refractivity contribution in [2.24, 2.45) is 5.73 Å². The van der Waals surface area contributed by atoms with Crippen molar-refractivity contribution in [2.75, 3.05) is 0 Å². The Morgan fingerprint density at radius 2 is 2.07 bits per heavy atom. The summed E-state index contributed by atoms with van der Waals surface area (Å²) in [5.41, 5.74) is 7.52. The highest BCUT2D eigenvalue weighted by Crippen LogP contribution is 2.21. The van der Waals surface area contributed by atoms with E-state index in [-0.39, 0.29) is 24.3 Å². The summed E-state index contributed by atoms with van der Waals surface area (Å²) >= 11 is 0. The Morgan fingerprint density at radius 3 is 2.64 bits per heavy atom. The SMILES string of the molecule is CCC[C@@H](N)c1cccc(F)c1C.Cl. The Hall–Kier alpha value is -0.600. The molecule has 1 aromatic rings. The van der Waals surface area contributed by atoms with Gasteiger partial charge in [0.1, 0.15) is 5.82 Å². The quantitative estimate of drug-likeness (QED) is 0.826. The Bertz CT molecular complexity index is 289. The minimum atomic E-state index is -0.163. The monoisotopic (exact) mass is 217 g/mol. The second kappa shape index (κ2) is 5.99. The molecule has 0 saturated carbocycles. The van der Waals surface area contributed by atoms with Crippen LogP contribution in [0.2, 0.25) is 0 Å². The predicted octanol–water partition coefficient (Wildman–Crippen LogP) is 3.36. The lowest BCUT2D eigenvalue weighted by molar-refractivity contribution is 0.594. The van der Waals surface area contributed by atoms with E-state index in [1.54, 1.807) is 13.0 Å². The summed E-state index contributed by atoms with van der Waals surface area (Å²) < 4.78 is 13.1. The highest BCUT2D eigenvalue weighted by Gasteiger charge is 2.09. The lowest BCUT2D eigenvalue weighted by Gasteiger charge is -2.13. The van der Waals surface area contributed by atoms with Crippen LogP contribution in [0.15, 0.2) is 18.2 Å². The van der Waals surface area contributed by atoms with Crippen LogP contribution in [0, 0.1) is 12.7 Å². The summed E-state index contributed by atoms with van der Waals surface area (Å²) in [7, 11) is 0. The van der Waals surface area contributed by atoms with Gasteiger partial charge in [-0.15, -0.1) is 12.4 Å². The number of nitrogens with two attached hydrogens (primary N) is 1. The zero-order chi connectivity index (χ0) is 9.84. The van der Waals surface area contributed by atoms with Crippen molar-refractivity contribution in [3.63, 3.8) is 0 Å². The Balaban J connectivity index is 0.00000169. The van der Waals surface area contributed by atoms with Crippen LogP contribution in [0.4, 0.5) is 4.39 Å². The van der Waals surface area contributed by atoms with Gasteiger partial charge in [0.25, 0.3) is 0 Å². The molecule has 0 aromatic heterocycles. The molecule has 0 aliphatic heterocycles. The van der Waals surface area contributed by atoms with Crippen LogP contribution in [0.1, 0.15) is 36.9 Å². The third-order valence-corrected chi connectivity index (χ3v) is 2.31. The van der Waals surface area contributed by atoms with Crippen LogP contribution >= 0.6 is 12.4 Å². The van der Waals surface area contributed by atoms with Gasteiger partial charge in [-0.2, -0.15) is 0 Å². The van der Waals surface area contributed by atoms with Crippen LogP contribution in [0.5, 0.6) is 0 Å². The number of hydrogen-bond donors (Lipinski definition) is 1. The first-order chi connectivity index (χ1) is 6.16. The average molecular weight is 218 g/mol. The molecule has 14 heavy (non-hydrogen) atoms. The summed E-state index contributed by atoms with van der Waals surface area (Å²) in [6.45, 7) is 3.86. The standard InChI is InChI=1S/C11H16FN.ClH/c1-3-5-11(13)9-6-4-7-10(12)8(9)2;/h4,6-7,11H,3,5,13H2,1-2H3;1H/t11-;/m1./s1. The van der Waals surface area contributed by atoms with Crippen molar-refractivity contribution in [2.45, 2.75) is 32.7 Å². The highest BCUT2D eigenvalue weighted by molar-refractivity contribution is 5.85. The Labute approximate surface area is 90.9 Å². The summed E-state index contributed by atoms with van der Waals surface area (Å²) in [5.74, 6) is -0.163. The first-order valence-electron chi connectivity index (χ1n) is 4.67. The lowest BCUT2D eigenvalue weighted by atomic mass is 9.98. The second-order valence-electron chi connectivity index (χ2n) is 3.35. The van der Waals surface area contributed by atoms with E-state index in [1.165, 1.54) is 6.07 Å². The molecule has 0 heterocycles. The minimum absolute atomic E-state index is 0. The molecule has 1 rings (SSSR count). The third kappa shape index (κ3) is 2.96. The molecule has 0 radical (unpaired) electrons. The molecule has 1 aromatic carbocycles. The molecular formula is C11H17ClFN. The van der Waals surface area contributed by atoms with Crippen LogP contribution in [0.25, 0.3) is 0 Å². The maximum absolute atomic E-state index is 13.1. The van der Waals surface area contributed by atoms with E-state index in [2.05, 4.69) is 6.92 Å². The van der Waals surface area contributed by atoms with Gasteiger partial charge in [-0.1, -0.05) is 25.5 Å². The molecule has 0 spiro atoms. The Kier molecular flexibility index (Phi) is 5.73. The fraction of sp³-hybridized carbons (Fsp3) is 0.455. The molecule has 2 N–H and O–H groups in total.